The summed E-state index contributed by atoms with van der Waals surface area (Å²) < 4.78 is 38.6. The molecule has 0 rings (SSSR count). The first-order valence-corrected chi connectivity index (χ1v) is 4.01. The summed E-state index contributed by atoms with van der Waals surface area (Å²) in [6.45, 7) is -1.30. The normalized spacial score (nSPS) is 11.6. The highest BCUT2D eigenvalue weighted by atomic mass is 32.2. The quantitative estimate of drug-likeness (QED) is 0.409. The smallest absolute Gasteiger partial charge is 0.379 e. The maximum Gasteiger partial charge on any atom is 0.411 e. The Morgan fingerprint density at radius 2 is 2.08 bits per heavy atom. The summed E-state index contributed by atoms with van der Waals surface area (Å²) in [4.78, 5) is 0. The zero-order valence-electron chi connectivity index (χ0n) is 6.15. The van der Waals surface area contributed by atoms with E-state index in [4.69, 9.17) is 11.1 Å². The third-order valence-corrected chi connectivity index (χ3v) is 1.43. The topological polar surface area (TPSA) is 59.1 Å². The van der Waals surface area contributed by atoms with E-state index in [1.165, 1.54) is 0 Å². The molecule has 3 N–H and O–H groups in total. The monoisotopic (exact) mass is 202 g/mol. The Morgan fingerprint density at radius 3 is 2.50 bits per heavy atom. The van der Waals surface area contributed by atoms with Crippen molar-refractivity contribution in [3.63, 3.8) is 0 Å². The lowest BCUT2D eigenvalue weighted by molar-refractivity contribution is -0.172. The molecule has 0 aliphatic rings. The third-order valence-electron chi connectivity index (χ3n) is 0.751. The maximum absolute atomic E-state index is 11.4. The third kappa shape index (κ3) is 9.57. The Kier molecular flexibility index (Phi) is 5.07. The first-order chi connectivity index (χ1) is 5.42. The molecule has 0 aromatic heterocycles. The Labute approximate surface area is 72.0 Å². The fourth-order valence-electron chi connectivity index (χ4n) is 0.398. The summed E-state index contributed by atoms with van der Waals surface area (Å²) in [6.07, 6.45) is -4.28. The van der Waals surface area contributed by atoms with Crippen molar-refractivity contribution in [2.75, 3.05) is 19.0 Å². The van der Waals surface area contributed by atoms with Gasteiger partial charge in [-0.1, -0.05) is 11.8 Å². The van der Waals surface area contributed by atoms with Crippen molar-refractivity contribution in [2.45, 2.75) is 6.18 Å². The van der Waals surface area contributed by atoms with Crippen LogP contribution >= 0.6 is 11.8 Å². The van der Waals surface area contributed by atoms with Crippen molar-refractivity contribution < 1.29 is 17.9 Å². The van der Waals surface area contributed by atoms with Gasteiger partial charge in [-0.05, 0) is 0 Å². The van der Waals surface area contributed by atoms with Crippen LogP contribution in [0.1, 0.15) is 0 Å². The van der Waals surface area contributed by atoms with Gasteiger partial charge < -0.3 is 10.5 Å². The van der Waals surface area contributed by atoms with E-state index >= 15 is 0 Å². The lowest BCUT2D eigenvalue weighted by Gasteiger charge is -2.06. The first-order valence-electron chi connectivity index (χ1n) is 3.03. The molecule has 7 heteroatoms. The van der Waals surface area contributed by atoms with Crippen LogP contribution in [0, 0.1) is 5.41 Å². The molecule has 0 bridgehead atoms. The van der Waals surface area contributed by atoms with E-state index in [1.54, 1.807) is 0 Å². The average molecular weight is 202 g/mol. The van der Waals surface area contributed by atoms with Gasteiger partial charge in [-0.25, -0.2) is 0 Å². The molecule has 0 aliphatic carbocycles. The number of hydrogen-bond acceptors (Lipinski definition) is 3. The number of alkyl halides is 3. The lowest BCUT2D eigenvalue weighted by Crippen LogP contribution is -2.18. The molecular weight excluding hydrogens is 193 g/mol. The molecule has 0 spiro atoms. The highest BCUT2D eigenvalue weighted by Gasteiger charge is 2.27. The molecule has 0 fully saturated rings. The predicted molar refractivity (Wildman–Crippen MR) is 41.2 cm³/mol. The fraction of sp³-hybridized carbons (Fsp3) is 0.800. The highest BCUT2D eigenvalue weighted by Crippen LogP contribution is 2.14. The first kappa shape index (κ1) is 11.6. The van der Waals surface area contributed by atoms with Gasteiger partial charge in [-0.3, -0.25) is 5.41 Å². The zero-order valence-corrected chi connectivity index (χ0v) is 6.97. The Balaban J connectivity index is 3.17. The van der Waals surface area contributed by atoms with Gasteiger partial charge in [0.25, 0.3) is 0 Å². The largest absolute Gasteiger partial charge is 0.411 e. The summed E-state index contributed by atoms with van der Waals surface area (Å²) in [5.41, 5.74) is 4.93. The average Bonchev–Trinajstić information content (AvgIpc) is 1.83. The van der Waals surface area contributed by atoms with Crippen LogP contribution in [0.3, 0.4) is 0 Å². The van der Waals surface area contributed by atoms with Gasteiger partial charge in [-0.15, -0.1) is 0 Å². The van der Waals surface area contributed by atoms with E-state index in [0.717, 1.165) is 11.8 Å². The summed E-state index contributed by atoms with van der Waals surface area (Å²) in [7, 11) is 0. The number of ether oxygens (including phenoxy) is 1. The second kappa shape index (κ2) is 5.26. The van der Waals surface area contributed by atoms with Gasteiger partial charge in [0.15, 0.2) is 5.17 Å². The molecule has 0 radical (unpaired) electrons. The summed E-state index contributed by atoms with van der Waals surface area (Å²) >= 11 is 0.951. The molecular formula is C5H9F3N2OS. The van der Waals surface area contributed by atoms with E-state index in [-0.39, 0.29) is 17.5 Å². The lowest BCUT2D eigenvalue weighted by atomic mass is 10.7. The van der Waals surface area contributed by atoms with E-state index in [1.807, 2.05) is 0 Å². The minimum Gasteiger partial charge on any atom is -0.379 e. The Bertz CT molecular complexity index is 150. The minimum absolute atomic E-state index is 0.0518. The van der Waals surface area contributed by atoms with Gasteiger partial charge in [0.05, 0.1) is 6.61 Å². The van der Waals surface area contributed by atoms with E-state index in [0.29, 0.717) is 0 Å². The van der Waals surface area contributed by atoms with Gasteiger partial charge in [0.1, 0.15) is 6.61 Å². The van der Waals surface area contributed by atoms with Crippen LogP contribution in [0.4, 0.5) is 13.2 Å². The Hall–Kier alpha value is -0.430. The van der Waals surface area contributed by atoms with Crippen LogP contribution in [-0.4, -0.2) is 30.3 Å². The number of nitrogens with two attached hydrogens (primary N) is 1. The van der Waals surface area contributed by atoms with Crippen molar-refractivity contribution in [3.8, 4) is 0 Å². The van der Waals surface area contributed by atoms with Crippen molar-refractivity contribution >= 4 is 16.9 Å². The molecule has 0 aromatic carbocycles. The van der Waals surface area contributed by atoms with Gasteiger partial charge in [-0.2, -0.15) is 13.2 Å². The van der Waals surface area contributed by atoms with Gasteiger partial charge >= 0.3 is 6.18 Å². The highest BCUT2D eigenvalue weighted by molar-refractivity contribution is 8.13. The predicted octanol–water partition coefficient (Wildman–Crippen LogP) is 1.19. The van der Waals surface area contributed by atoms with Crippen molar-refractivity contribution in [2.24, 2.45) is 5.73 Å². The maximum atomic E-state index is 11.4. The minimum atomic E-state index is -4.28. The molecule has 0 amide bonds. The molecule has 0 saturated heterocycles. The molecule has 12 heavy (non-hydrogen) atoms. The molecule has 0 atom stereocenters. The van der Waals surface area contributed by atoms with Crippen LogP contribution in [0.2, 0.25) is 0 Å². The number of hydrogen-bond donors (Lipinski definition) is 2. The summed E-state index contributed by atoms with van der Waals surface area (Å²) in [6, 6.07) is 0. The van der Waals surface area contributed by atoms with Crippen LogP contribution in [-0.2, 0) is 4.74 Å². The van der Waals surface area contributed by atoms with E-state index in [2.05, 4.69) is 4.74 Å². The van der Waals surface area contributed by atoms with Crippen molar-refractivity contribution in [1.82, 2.24) is 0 Å². The number of nitrogens with one attached hydrogen (secondary N) is 1. The van der Waals surface area contributed by atoms with Gasteiger partial charge in [0.2, 0.25) is 0 Å². The van der Waals surface area contributed by atoms with E-state index < -0.39 is 12.8 Å². The Morgan fingerprint density at radius 1 is 1.50 bits per heavy atom. The molecule has 0 saturated carbocycles. The fourth-order valence-corrected chi connectivity index (χ4v) is 0.820. The SMILES string of the molecule is N=C(N)SCCOCC(F)(F)F. The standard InChI is InChI=1S/C5H9F3N2OS/c6-5(7,8)3-11-1-2-12-4(9)10/h1-3H2,(H3,9,10). The number of thioether (sulfide) groups is 1. The molecule has 0 aromatic rings. The van der Waals surface area contributed by atoms with Crippen LogP contribution in [0.5, 0.6) is 0 Å². The second-order valence-electron chi connectivity index (χ2n) is 1.88. The number of amidine groups is 1. The van der Waals surface area contributed by atoms with E-state index in [9.17, 15) is 13.2 Å². The molecule has 3 nitrogen and oxygen atoms in total. The molecule has 72 valence electrons. The van der Waals surface area contributed by atoms with Crippen LogP contribution < -0.4 is 5.73 Å². The van der Waals surface area contributed by atoms with Crippen LogP contribution in [0.15, 0.2) is 0 Å². The molecule has 0 unspecified atom stereocenters. The summed E-state index contributed by atoms with van der Waals surface area (Å²) in [5, 5.41) is 6.60. The summed E-state index contributed by atoms with van der Waals surface area (Å²) in [5.74, 6) is 0.269. The number of rotatable bonds is 4. The second-order valence-corrected chi connectivity index (χ2v) is 3.02. The van der Waals surface area contributed by atoms with Crippen molar-refractivity contribution in [1.29, 1.82) is 5.41 Å². The number of halogens is 3. The molecule has 0 heterocycles. The van der Waals surface area contributed by atoms with Gasteiger partial charge in [0, 0.05) is 5.75 Å². The van der Waals surface area contributed by atoms with Crippen molar-refractivity contribution in [3.05, 3.63) is 0 Å². The zero-order chi connectivity index (χ0) is 9.61. The molecule has 0 aliphatic heterocycles. The van der Waals surface area contributed by atoms with Crippen LogP contribution in [0.25, 0.3) is 0 Å².